The number of benzene rings is 3. The molecule has 5 rings (SSSR count). The Hall–Kier alpha value is -3.59. The monoisotopic (exact) mass is 393 g/mol. The molecule has 0 spiro atoms. The first kappa shape index (κ1) is 18.4. The molecular weight excluding hydrogens is 370 g/mol. The van der Waals surface area contributed by atoms with Crippen LogP contribution in [-0.2, 0) is 4.79 Å². The molecule has 3 atom stereocenters. The lowest BCUT2D eigenvalue weighted by molar-refractivity contribution is -0.127. The second-order valence-corrected chi connectivity index (χ2v) is 7.78. The summed E-state index contributed by atoms with van der Waals surface area (Å²) in [6, 6.07) is 26.0. The highest BCUT2D eigenvalue weighted by Gasteiger charge is 2.50. The normalized spacial score (nSPS) is 21.8. The maximum absolute atomic E-state index is 13.8. The van der Waals surface area contributed by atoms with Crippen LogP contribution in [0.15, 0.2) is 91.5 Å². The predicted molar refractivity (Wildman–Crippen MR) is 120 cm³/mol. The first-order valence-electron chi connectivity index (χ1n) is 10.2. The minimum absolute atomic E-state index is 0.0428. The molecule has 1 aliphatic heterocycles. The molecule has 0 N–H and O–H groups in total. The summed E-state index contributed by atoms with van der Waals surface area (Å²) in [5.74, 6) is 0.740. The van der Waals surface area contributed by atoms with Gasteiger partial charge in [0.15, 0.2) is 0 Å². The number of amides is 1. The number of rotatable bonds is 4. The fraction of sp³-hybridized carbons (Fsp3) is 0.148. The summed E-state index contributed by atoms with van der Waals surface area (Å²) in [7, 11) is 1.66. The van der Waals surface area contributed by atoms with E-state index in [1.54, 1.807) is 7.11 Å². The van der Waals surface area contributed by atoms with Gasteiger partial charge in [-0.3, -0.25) is 4.79 Å². The SMILES string of the molecule is C=C(c1ccccc1)N1C(=O)[C@H]2c3ccccc3C=C[C@H]2[C@@H]1c1ccc(OC)cc1. The number of methoxy groups -OCH3 is 1. The summed E-state index contributed by atoms with van der Waals surface area (Å²) < 4.78 is 5.34. The number of nitrogens with zero attached hydrogens (tertiary/aromatic N) is 1. The molecule has 3 nitrogen and oxygen atoms in total. The number of hydrogen-bond acceptors (Lipinski definition) is 2. The fourth-order valence-corrected chi connectivity index (χ4v) is 4.77. The topological polar surface area (TPSA) is 29.5 Å². The average Bonchev–Trinajstić information content (AvgIpc) is 3.12. The van der Waals surface area contributed by atoms with Crippen LogP contribution < -0.4 is 4.74 Å². The maximum atomic E-state index is 13.8. The minimum atomic E-state index is -0.209. The van der Waals surface area contributed by atoms with Crippen molar-refractivity contribution in [2.45, 2.75) is 12.0 Å². The van der Waals surface area contributed by atoms with Crippen LogP contribution in [0.2, 0.25) is 0 Å². The van der Waals surface area contributed by atoms with Crippen molar-refractivity contribution in [1.82, 2.24) is 4.90 Å². The van der Waals surface area contributed by atoms with E-state index in [0.717, 1.165) is 33.7 Å². The molecule has 1 aliphatic carbocycles. The van der Waals surface area contributed by atoms with Gasteiger partial charge < -0.3 is 9.64 Å². The maximum Gasteiger partial charge on any atom is 0.235 e. The first-order chi connectivity index (χ1) is 14.7. The molecule has 3 aromatic carbocycles. The quantitative estimate of drug-likeness (QED) is 0.571. The average molecular weight is 393 g/mol. The van der Waals surface area contributed by atoms with Gasteiger partial charge in [0.2, 0.25) is 5.91 Å². The third kappa shape index (κ3) is 2.86. The van der Waals surface area contributed by atoms with Gasteiger partial charge in [0.05, 0.1) is 19.1 Å². The molecule has 3 heteroatoms. The number of carbonyl (C=O) groups excluding carboxylic acids is 1. The van der Waals surface area contributed by atoms with Crippen molar-refractivity contribution in [1.29, 1.82) is 0 Å². The van der Waals surface area contributed by atoms with Gasteiger partial charge >= 0.3 is 0 Å². The number of fused-ring (bicyclic) bond motifs is 3. The second kappa shape index (κ2) is 7.34. The largest absolute Gasteiger partial charge is 0.497 e. The molecule has 1 fully saturated rings. The van der Waals surface area contributed by atoms with Gasteiger partial charge in [-0.2, -0.15) is 0 Å². The van der Waals surface area contributed by atoms with Crippen molar-refractivity contribution in [2.75, 3.05) is 7.11 Å². The highest BCUT2D eigenvalue weighted by molar-refractivity contribution is 5.96. The molecule has 148 valence electrons. The highest BCUT2D eigenvalue weighted by atomic mass is 16.5. The van der Waals surface area contributed by atoms with Gasteiger partial charge in [0, 0.05) is 11.6 Å². The Morgan fingerprint density at radius 1 is 0.933 bits per heavy atom. The van der Waals surface area contributed by atoms with Crippen LogP contribution in [-0.4, -0.2) is 17.9 Å². The Kier molecular flexibility index (Phi) is 4.51. The summed E-state index contributed by atoms with van der Waals surface area (Å²) in [5, 5.41) is 0. The lowest BCUT2D eigenvalue weighted by Crippen LogP contribution is -2.27. The Labute approximate surface area is 176 Å². The number of hydrogen-bond donors (Lipinski definition) is 0. The van der Waals surface area contributed by atoms with Crippen LogP contribution in [0.5, 0.6) is 5.75 Å². The van der Waals surface area contributed by atoms with Crippen LogP contribution in [0, 0.1) is 5.92 Å². The van der Waals surface area contributed by atoms with Crippen LogP contribution in [0.1, 0.15) is 34.2 Å². The van der Waals surface area contributed by atoms with E-state index >= 15 is 0 Å². The van der Waals surface area contributed by atoms with Crippen molar-refractivity contribution in [3.05, 3.63) is 114 Å². The van der Waals surface area contributed by atoms with Gasteiger partial charge in [-0.15, -0.1) is 0 Å². The standard InChI is InChI=1S/C27H23NO2/c1-18(19-8-4-3-5-9-19)28-26(21-12-15-22(30-2)16-13-21)24-17-14-20-10-6-7-11-23(20)25(24)27(28)29/h3-17,24-26H,1H2,2H3/t24-,25+,26+/m1/s1. The van der Waals surface area contributed by atoms with E-state index in [2.05, 4.69) is 43.0 Å². The zero-order valence-corrected chi connectivity index (χ0v) is 16.9. The summed E-state index contributed by atoms with van der Waals surface area (Å²) in [5.41, 5.74) is 4.99. The Balaban J connectivity index is 1.64. The van der Waals surface area contributed by atoms with Gasteiger partial charge in [-0.05, 0) is 34.4 Å². The molecule has 0 radical (unpaired) electrons. The smallest absolute Gasteiger partial charge is 0.235 e. The van der Waals surface area contributed by atoms with Gasteiger partial charge in [-0.25, -0.2) is 0 Å². The Morgan fingerprint density at radius 2 is 1.63 bits per heavy atom. The van der Waals surface area contributed by atoms with E-state index in [1.807, 2.05) is 59.5 Å². The summed E-state index contributed by atoms with van der Waals surface area (Å²) in [6.07, 6.45) is 4.34. The van der Waals surface area contributed by atoms with Gasteiger partial charge in [0.25, 0.3) is 0 Å². The summed E-state index contributed by atoms with van der Waals surface area (Å²) >= 11 is 0. The van der Waals surface area contributed by atoms with Crippen molar-refractivity contribution in [3.63, 3.8) is 0 Å². The number of carbonyl (C=O) groups is 1. The van der Waals surface area contributed by atoms with E-state index < -0.39 is 0 Å². The first-order valence-corrected chi connectivity index (χ1v) is 10.2. The molecule has 3 aromatic rings. The van der Waals surface area contributed by atoms with E-state index in [4.69, 9.17) is 4.74 Å². The molecule has 0 aromatic heterocycles. The van der Waals surface area contributed by atoms with E-state index in [-0.39, 0.29) is 23.8 Å². The lowest BCUT2D eigenvalue weighted by Gasteiger charge is -2.30. The zero-order chi connectivity index (χ0) is 20.7. The summed E-state index contributed by atoms with van der Waals surface area (Å²) in [4.78, 5) is 15.7. The van der Waals surface area contributed by atoms with Crippen LogP contribution in [0.25, 0.3) is 11.8 Å². The molecule has 0 saturated carbocycles. The van der Waals surface area contributed by atoms with Crippen LogP contribution in [0.4, 0.5) is 0 Å². The Morgan fingerprint density at radius 3 is 2.37 bits per heavy atom. The van der Waals surface area contributed by atoms with Gasteiger partial charge in [0.1, 0.15) is 5.75 Å². The molecule has 1 amide bonds. The molecule has 0 bridgehead atoms. The molecule has 30 heavy (non-hydrogen) atoms. The predicted octanol–water partition coefficient (Wildman–Crippen LogP) is 5.68. The molecule has 1 heterocycles. The third-order valence-corrected chi connectivity index (χ3v) is 6.22. The van der Waals surface area contributed by atoms with Crippen molar-refractivity contribution >= 4 is 17.7 Å². The molecular formula is C27H23NO2. The molecule has 2 aliphatic rings. The van der Waals surface area contributed by atoms with Crippen molar-refractivity contribution in [2.24, 2.45) is 5.92 Å². The fourth-order valence-electron chi connectivity index (χ4n) is 4.77. The number of likely N-dealkylation sites (tertiary alicyclic amines) is 1. The third-order valence-electron chi connectivity index (χ3n) is 6.22. The van der Waals surface area contributed by atoms with Crippen molar-refractivity contribution < 1.29 is 9.53 Å². The van der Waals surface area contributed by atoms with Crippen LogP contribution in [0.3, 0.4) is 0 Å². The van der Waals surface area contributed by atoms with Crippen molar-refractivity contribution in [3.8, 4) is 5.75 Å². The zero-order valence-electron chi connectivity index (χ0n) is 16.9. The highest BCUT2D eigenvalue weighted by Crippen LogP contribution is 2.52. The molecule has 0 unspecified atom stereocenters. The van der Waals surface area contributed by atoms with Crippen LogP contribution >= 0.6 is 0 Å². The summed E-state index contributed by atoms with van der Waals surface area (Å²) in [6.45, 7) is 4.34. The van der Waals surface area contributed by atoms with Gasteiger partial charge in [-0.1, -0.05) is 85.5 Å². The molecule has 1 saturated heterocycles. The lowest BCUT2D eigenvalue weighted by atomic mass is 9.77. The van der Waals surface area contributed by atoms with E-state index in [9.17, 15) is 4.79 Å². The number of ether oxygens (including phenoxy) is 1. The Bertz CT molecular complexity index is 1130. The van der Waals surface area contributed by atoms with E-state index in [1.165, 1.54) is 0 Å². The van der Waals surface area contributed by atoms with E-state index in [0.29, 0.717) is 0 Å². The minimum Gasteiger partial charge on any atom is -0.497 e. The second-order valence-electron chi connectivity index (χ2n) is 7.78.